The Bertz CT molecular complexity index is 3150. The first kappa shape index (κ1) is 76.5. The molecule has 15 unspecified atom stereocenters. The van der Waals surface area contributed by atoms with Crippen LogP contribution >= 0.6 is 0 Å². The number of hydrogen-bond acceptors (Lipinski definition) is 14. The number of fused-ring (bicyclic) bond motifs is 11. The molecule has 0 spiro atoms. The van der Waals surface area contributed by atoms with Crippen LogP contribution in [0.25, 0.3) is 10.8 Å². The number of esters is 5. The van der Waals surface area contributed by atoms with Gasteiger partial charge >= 0.3 is 42.2 Å². The van der Waals surface area contributed by atoms with E-state index in [2.05, 4.69) is 45.9 Å². The van der Waals surface area contributed by atoms with Crippen LogP contribution in [0, 0.1) is 74.9 Å². The fourth-order valence-corrected chi connectivity index (χ4v) is 18.7. The highest BCUT2D eigenvalue weighted by Crippen LogP contribution is 2.71. The van der Waals surface area contributed by atoms with E-state index < -0.39 is 76.4 Å². The number of carbonyl (C=O) groups is 5. The largest absolute Gasteiger partial charge is 0.508 e. The Hall–Kier alpha value is -4.69. The Labute approximate surface area is 570 Å². The molecule has 12 fully saturated rings. The van der Waals surface area contributed by atoms with Crippen molar-refractivity contribution in [3.63, 3.8) is 0 Å². The van der Waals surface area contributed by atoms with Gasteiger partial charge in [0.15, 0.2) is 17.8 Å². The van der Waals surface area contributed by atoms with E-state index in [1.54, 1.807) is 19.1 Å². The highest BCUT2D eigenvalue weighted by molar-refractivity contribution is 5.85. The molecule has 20 heteroatoms. The van der Waals surface area contributed by atoms with Crippen molar-refractivity contribution in [3.05, 3.63) is 42.0 Å². The summed E-state index contributed by atoms with van der Waals surface area (Å²) < 4.78 is 112. The first-order valence-electron chi connectivity index (χ1n) is 36.5. The molecule has 0 aromatic heterocycles. The van der Waals surface area contributed by atoms with Crippen LogP contribution in [0.2, 0.25) is 0 Å². The van der Waals surface area contributed by atoms with E-state index >= 15 is 0 Å². The second-order valence-corrected chi connectivity index (χ2v) is 34.0. The number of ether oxygens (including phenoxy) is 6. The first-order chi connectivity index (χ1) is 45.0. The first-order valence-corrected chi connectivity index (χ1v) is 36.5. The van der Waals surface area contributed by atoms with Gasteiger partial charge in [-0.05, 0) is 266 Å². The summed E-state index contributed by atoms with van der Waals surface area (Å²) in [6, 6.07) is 11.9. The van der Waals surface area contributed by atoms with Crippen molar-refractivity contribution < 1.29 is 94.1 Å². The third kappa shape index (κ3) is 14.6. The lowest BCUT2D eigenvalue weighted by atomic mass is 9.52. The van der Waals surface area contributed by atoms with Gasteiger partial charge in [-0.3, -0.25) is 24.0 Å². The number of phenols is 1. The SMILES string of the molecule is CCC(C)(C)C(=O)OC1(C(O)(C(F)(F)F)C(F)(F)F)CCCC1.CCC(C)(C)C(=O)OC1(CC)CC2CC1C1C3CCC(C3)C21.CCC(C)(C)C(=O)OC12CC3CC(CC(O)(C3)C1)C2.CCC(C)(C)C(=O)OC1C2CC3C(=O)OC1C3O2.CCC(C)c1ccc2cc(O)ccc2c1. The zero-order valence-corrected chi connectivity index (χ0v) is 60.2. The van der Waals surface area contributed by atoms with E-state index in [0.717, 1.165) is 92.8 Å². The number of rotatable bonds is 16. The summed E-state index contributed by atoms with van der Waals surface area (Å²) in [4.78, 5) is 60.8. The molecule has 14 rings (SSSR count). The lowest BCUT2D eigenvalue weighted by molar-refractivity contribution is -0.412. The van der Waals surface area contributed by atoms with E-state index in [0.29, 0.717) is 48.7 Å². The van der Waals surface area contributed by atoms with Crippen molar-refractivity contribution in [1.82, 2.24) is 0 Å². The number of alkyl halides is 6. The zero-order chi connectivity index (χ0) is 71.8. The molecular weight excluding hydrogens is 1260 g/mol. The Morgan fingerprint density at radius 1 is 0.619 bits per heavy atom. The molecule has 10 bridgehead atoms. The van der Waals surface area contributed by atoms with E-state index in [1.807, 2.05) is 61.5 Å². The molecular formula is C77H112F6O14. The fraction of sp³-hybridized carbons (Fsp3) is 0.805. The number of phenolic OH excluding ortho intramolecular Hbond substituents is 1. The van der Waals surface area contributed by atoms with Gasteiger partial charge in [-0.25, -0.2) is 0 Å². The normalized spacial score (nSPS) is 34.1. The van der Waals surface area contributed by atoms with Gasteiger partial charge in [0, 0.05) is 12.3 Å². The van der Waals surface area contributed by atoms with E-state index in [-0.39, 0.29) is 77.9 Å². The smallest absolute Gasteiger partial charge is 0.430 e. The Kier molecular flexibility index (Phi) is 21.8. The average Bonchev–Trinajstić information content (AvgIpc) is 1.62. The Morgan fingerprint density at radius 2 is 1.13 bits per heavy atom. The van der Waals surface area contributed by atoms with Crippen molar-refractivity contribution >= 4 is 40.6 Å². The molecule has 97 heavy (non-hydrogen) atoms. The van der Waals surface area contributed by atoms with Gasteiger partial charge in [-0.2, -0.15) is 26.3 Å². The van der Waals surface area contributed by atoms with Crippen molar-refractivity contribution in [2.24, 2.45) is 74.9 Å². The van der Waals surface area contributed by atoms with Gasteiger partial charge in [0.05, 0.1) is 39.3 Å². The molecule has 15 atom stereocenters. The predicted molar refractivity (Wildman–Crippen MR) is 353 cm³/mol. The minimum absolute atomic E-state index is 0.00565. The Morgan fingerprint density at radius 3 is 1.66 bits per heavy atom. The molecule has 0 amide bonds. The monoisotopic (exact) mass is 1370 g/mol. The predicted octanol–water partition coefficient (Wildman–Crippen LogP) is 17.1. The zero-order valence-electron chi connectivity index (χ0n) is 60.2. The number of benzene rings is 2. The van der Waals surface area contributed by atoms with Gasteiger partial charge in [0.25, 0.3) is 5.60 Å². The molecule has 546 valence electrons. The summed E-state index contributed by atoms with van der Waals surface area (Å²) in [6.07, 6.45) is 3.24. The van der Waals surface area contributed by atoms with Crippen LogP contribution in [0.4, 0.5) is 26.3 Å². The second-order valence-electron chi connectivity index (χ2n) is 34.0. The average molecular weight is 1380 g/mol. The highest BCUT2D eigenvalue weighted by Gasteiger charge is 2.82. The molecule has 9 saturated carbocycles. The van der Waals surface area contributed by atoms with Crippen molar-refractivity contribution in [2.45, 2.75) is 316 Å². The van der Waals surface area contributed by atoms with Crippen molar-refractivity contribution in [1.29, 1.82) is 0 Å². The maximum absolute atomic E-state index is 13.2. The van der Waals surface area contributed by atoms with E-state index in [1.165, 1.54) is 56.9 Å². The third-order valence-electron chi connectivity index (χ3n) is 26.1. The molecule has 9 aliphatic carbocycles. The minimum Gasteiger partial charge on any atom is -0.508 e. The molecule has 3 aliphatic heterocycles. The summed E-state index contributed by atoms with van der Waals surface area (Å²) in [5, 5.41) is 32.0. The maximum atomic E-state index is 13.2. The quantitative estimate of drug-likeness (QED) is 0.0620. The summed E-state index contributed by atoms with van der Waals surface area (Å²) in [7, 11) is 0. The van der Waals surface area contributed by atoms with Crippen LogP contribution in [0.15, 0.2) is 36.4 Å². The van der Waals surface area contributed by atoms with Gasteiger partial charge in [0.2, 0.25) is 0 Å². The fourth-order valence-electron chi connectivity index (χ4n) is 18.7. The van der Waals surface area contributed by atoms with Gasteiger partial charge < -0.3 is 43.7 Å². The van der Waals surface area contributed by atoms with Crippen LogP contribution in [0.3, 0.4) is 0 Å². The highest BCUT2D eigenvalue weighted by atomic mass is 19.4. The molecule has 14 nitrogen and oxygen atoms in total. The van der Waals surface area contributed by atoms with Crippen LogP contribution in [0.5, 0.6) is 5.75 Å². The number of halogens is 6. The molecule has 2 aromatic carbocycles. The van der Waals surface area contributed by atoms with Crippen LogP contribution in [-0.4, -0.2) is 110 Å². The van der Waals surface area contributed by atoms with E-state index in [4.69, 9.17) is 28.4 Å². The summed E-state index contributed by atoms with van der Waals surface area (Å²) in [5.41, 5.74) is -10.3. The lowest BCUT2D eigenvalue weighted by Gasteiger charge is -2.59. The van der Waals surface area contributed by atoms with Gasteiger partial charge in [-0.15, -0.1) is 0 Å². The third-order valence-corrected chi connectivity index (χ3v) is 26.1. The number of hydrogen-bond donors (Lipinski definition) is 3. The number of aromatic hydroxyl groups is 1. The second kappa shape index (κ2) is 27.6. The molecule has 3 saturated heterocycles. The minimum atomic E-state index is -6.02. The van der Waals surface area contributed by atoms with Crippen LogP contribution < -0.4 is 0 Å². The topological polar surface area (TPSA) is 201 Å². The van der Waals surface area contributed by atoms with Crippen LogP contribution in [-0.2, 0) is 52.4 Å². The van der Waals surface area contributed by atoms with E-state index in [9.17, 15) is 65.6 Å². The van der Waals surface area contributed by atoms with Crippen molar-refractivity contribution in [2.75, 3.05) is 0 Å². The molecule has 3 heterocycles. The molecule has 3 N–H and O–H groups in total. The summed E-state index contributed by atoms with van der Waals surface area (Å²) in [5.74, 6) is 5.59. The maximum Gasteiger partial charge on any atom is 0.430 e. The number of aliphatic hydroxyl groups is 2. The van der Waals surface area contributed by atoms with Crippen molar-refractivity contribution in [3.8, 4) is 5.75 Å². The summed E-state index contributed by atoms with van der Waals surface area (Å²) >= 11 is 0. The number of carbonyl (C=O) groups excluding carboxylic acids is 5. The lowest BCUT2D eigenvalue weighted by Crippen LogP contribution is -2.71. The molecule has 0 radical (unpaired) electrons. The standard InChI is InChI=1S/C20H32O2.C16H26O3.C14H20F6O3.C14H16O.C13H18O5/c1-5-19(3,4)18(21)22-20(6-2)11-14-10-15(20)17-13-8-7-12(9-13)16(14)17;1-4-14(2,3)13(17)19-16-8-11-5-12(9-16)7-15(18,6-11)10-16;1-4-10(2,3)9(21)23-11(7-5-6-8-11)12(22,13(15,16)17)14(18,19)20;1-3-10(2)11-4-5-13-9-14(15)7-6-12(13)8-11;1-4-13(2,3)12(15)18-9-7-5-6-8(16-7)10(9)17-11(6)14/h12-17H,5-11H2,1-4H3;11-12,18H,4-10H2,1-3H3;22H,4-8H2,1-3H3;4-10,15H,3H2,1-2H3;6-10H,4-5H2,1-3H3. The van der Waals surface area contributed by atoms with Gasteiger partial charge in [0.1, 0.15) is 23.1 Å². The molecule has 2 aromatic rings. The van der Waals surface area contributed by atoms with Gasteiger partial charge in [-0.1, -0.05) is 72.7 Å². The molecule has 12 aliphatic rings. The summed E-state index contributed by atoms with van der Waals surface area (Å²) in [6.45, 7) is 28.7. The Balaban J connectivity index is 0.000000143. The van der Waals surface area contributed by atoms with Crippen LogP contribution in [0.1, 0.15) is 257 Å².